The molecule has 0 aliphatic heterocycles. The third-order valence-corrected chi connectivity index (χ3v) is 2.99. The number of rotatable bonds is 2. The Morgan fingerprint density at radius 2 is 1.95 bits per heavy atom. The van der Waals surface area contributed by atoms with E-state index in [0.29, 0.717) is 5.56 Å². The summed E-state index contributed by atoms with van der Waals surface area (Å²) in [5.74, 6) is 0.242. The summed E-state index contributed by atoms with van der Waals surface area (Å²) in [4.78, 5) is 19.0. The number of nitrogen functional groups attached to an aromatic ring is 1. The summed E-state index contributed by atoms with van der Waals surface area (Å²) < 4.78 is 0. The first-order valence-corrected chi connectivity index (χ1v) is 5.92. The number of benzene rings is 1. The molecule has 0 saturated heterocycles. The monoisotopic (exact) mass is 266 g/mol. The van der Waals surface area contributed by atoms with Crippen molar-refractivity contribution in [3.05, 3.63) is 58.8 Å². The second-order valence-electron chi connectivity index (χ2n) is 4.24. The highest BCUT2D eigenvalue weighted by molar-refractivity contribution is 5.95. The molecule has 3 rings (SSSR count). The zero-order valence-corrected chi connectivity index (χ0v) is 10.4. The summed E-state index contributed by atoms with van der Waals surface area (Å²) in [7, 11) is 0. The third kappa shape index (κ3) is 1.93. The first-order chi connectivity index (χ1) is 9.66. The molecule has 0 atom stereocenters. The van der Waals surface area contributed by atoms with Crippen LogP contribution in [0.3, 0.4) is 0 Å². The quantitative estimate of drug-likeness (QED) is 0.568. The summed E-state index contributed by atoms with van der Waals surface area (Å²) in [5.41, 5.74) is 7.25. The molecule has 6 nitrogen and oxygen atoms in total. The zero-order valence-electron chi connectivity index (χ0n) is 10.4. The van der Waals surface area contributed by atoms with Crippen molar-refractivity contribution in [2.75, 3.05) is 5.73 Å². The molecule has 0 radical (unpaired) electrons. The molecule has 0 aliphatic rings. The fourth-order valence-electron chi connectivity index (χ4n) is 2.12. The molecule has 2 aromatic heterocycles. The van der Waals surface area contributed by atoms with E-state index in [-0.39, 0.29) is 17.2 Å². The number of nitrogens with two attached hydrogens (primary N) is 1. The highest BCUT2D eigenvalue weighted by atomic mass is 16.6. The summed E-state index contributed by atoms with van der Waals surface area (Å²) in [6.45, 7) is 0. The van der Waals surface area contributed by atoms with E-state index in [2.05, 4.69) is 9.97 Å². The number of nitrogens with zero attached hydrogens (tertiary/aromatic N) is 3. The Kier molecular flexibility index (Phi) is 2.76. The Balaban J connectivity index is 2.36. The Hall–Kier alpha value is -3.02. The van der Waals surface area contributed by atoms with E-state index in [1.165, 1.54) is 12.1 Å². The Labute approximate surface area is 114 Å². The lowest BCUT2D eigenvalue weighted by molar-refractivity contribution is -0.384. The Morgan fingerprint density at radius 1 is 1.10 bits per heavy atom. The van der Waals surface area contributed by atoms with Crippen LogP contribution in [0.5, 0.6) is 0 Å². The molecule has 2 N–H and O–H groups in total. The standard InChI is InChI=1S/C14H10N4O2/c15-13-7-6-12(18(19)20)14(17-13)10-3-1-5-11-9(10)4-2-8-16-11/h1-8H,(H2,15,17). The fraction of sp³-hybridized carbons (Fsp3) is 0. The van der Waals surface area contributed by atoms with Gasteiger partial charge < -0.3 is 5.73 Å². The molecule has 6 heteroatoms. The maximum atomic E-state index is 11.2. The van der Waals surface area contributed by atoms with E-state index < -0.39 is 4.92 Å². The van der Waals surface area contributed by atoms with E-state index in [1.807, 2.05) is 12.1 Å². The van der Waals surface area contributed by atoms with Gasteiger partial charge in [0, 0.05) is 23.2 Å². The van der Waals surface area contributed by atoms with E-state index in [0.717, 1.165) is 10.9 Å². The highest BCUT2D eigenvalue weighted by Crippen LogP contribution is 2.33. The van der Waals surface area contributed by atoms with Gasteiger partial charge in [0.25, 0.3) is 5.69 Å². The van der Waals surface area contributed by atoms with Gasteiger partial charge in [0.15, 0.2) is 5.69 Å². The minimum absolute atomic E-state index is 0.0736. The average molecular weight is 266 g/mol. The molecular formula is C14H10N4O2. The summed E-state index contributed by atoms with van der Waals surface area (Å²) >= 11 is 0. The lowest BCUT2D eigenvalue weighted by atomic mass is 10.0. The molecule has 2 heterocycles. The van der Waals surface area contributed by atoms with Crippen LogP contribution in [0.4, 0.5) is 11.5 Å². The lowest BCUT2D eigenvalue weighted by Crippen LogP contribution is -1.98. The van der Waals surface area contributed by atoms with Crippen LogP contribution in [0.15, 0.2) is 48.7 Å². The van der Waals surface area contributed by atoms with Crippen LogP contribution in [0.2, 0.25) is 0 Å². The average Bonchev–Trinajstić information content (AvgIpc) is 2.46. The minimum atomic E-state index is -0.461. The molecule has 0 spiro atoms. The number of fused-ring (bicyclic) bond motifs is 1. The maximum Gasteiger partial charge on any atom is 0.295 e. The van der Waals surface area contributed by atoms with Crippen molar-refractivity contribution in [1.29, 1.82) is 0 Å². The Bertz CT molecular complexity index is 812. The van der Waals surface area contributed by atoms with E-state index >= 15 is 0 Å². The van der Waals surface area contributed by atoms with Crippen LogP contribution in [-0.2, 0) is 0 Å². The largest absolute Gasteiger partial charge is 0.384 e. The summed E-state index contributed by atoms with van der Waals surface area (Å²) in [6.07, 6.45) is 1.67. The molecular weight excluding hydrogens is 256 g/mol. The zero-order chi connectivity index (χ0) is 14.1. The number of anilines is 1. The van der Waals surface area contributed by atoms with Gasteiger partial charge in [-0.2, -0.15) is 0 Å². The number of pyridine rings is 2. The van der Waals surface area contributed by atoms with Crippen molar-refractivity contribution in [3.63, 3.8) is 0 Å². The first kappa shape index (κ1) is 12.0. The predicted molar refractivity (Wildman–Crippen MR) is 76.0 cm³/mol. The van der Waals surface area contributed by atoms with Gasteiger partial charge in [-0.25, -0.2) is 4.98 Å². The van der Waals surface area contributed by atoms with Gasteiger partial charge in [0.2, 0.25) is 0 Å². The molecule has 0 saturated carbocycles. The molecule has 0 unspecified atom stereocenters. The van der Waals surface area contributed by atoms with Crippen LogP contribution in [0, 0.1) is 10.1 Å². The van der Waals surface area contributed by atoms with Crippen molar-refractivity contribution < 1.29 is 4.92 Å². The van der Waals surface area contributed by atoms with Gasteiger partial charge in [-0.05, 0) is 18.2 Å². The maximum absolute atomic E-state index is 11.2. The molecule has 3 aromatic rings. The SMILES string of the molecule is Nc1ccc([N+](=O)[O-])c(-c2cccc3ncccc23)n1. The topological polar surface area (TPSA) is 94.9 Å². The molecule has 0 bridgehead atoms. The smallest absolute Gasteiger partial charge is 0.295 e. The number of aromatic nitrogens is 2. The highest BCUT2D eigenvalue weighted by Gasteiger charge is 2.19. The third-order valence-electron chi connectivity index (χ3n) is 2.99. The fourth-order valence-corrected chi connectivity index (χ4v) is 2.12. The van der Waals surface area contributed by atoms with Gasteiger partial charge >= 0.3 is 0 Å². The first-order valence-electron chi connectivity index (χ1n) is 5.92. The number of hydrogen-bond acceptors (Lipinski definition) is 5. The molecule has 0 fully saturated rings. The van der Waals surface area contributed by atoms with Gasteiger partial charge in [-0.3, -0.25) is 15.1 Å². The molecule has 20 heavy (non-hydrogen) atoms. The predicted octanol–water partition coefficient (Wildman–Crippen LogP) is 2.79. The summed E-state index contributed by atoms with van der Waals surface area (Å²) in [5, 5.41) is 12.0. The van der Waals surface area contributed by atoms with Crippen molar-refractivity contribution >= 4 is 22.4 Å². The molecule has 0 amide bonds. The Morgan fingerprint density at radius 3 is 2.75 bits per heavy atom. The van der Waals surface area contributed by atoms with Crippen LogP contribution in [0.25, 0.3) is 22.2 Å². The van der Waals surface area contributed by atoms with Gasteiger partial charge in [-0.1, -0.05) is 18.2 Å². The van der Waals surface area contributed by atoms with E-state index in [4.69, 9.17) is 5.73 Å². The second kappa shape index (κ2) is 4.58. The van der Waals surface area contributed by atoms with Gasteiger partial charge in [0.1, 0.15) is 5.82 Å². The van der Waals surface area contributed by atoms with E-state index in [1.54, 1.807) is 24.4 Å². The van der Waals surface area contributed by atoms with Crippen LogP contribution in [-0.4, -0.2) is 14.9 Å². The van der Waals surface area contributed by atoms with Crippen molar-refractivity contribution in [1.82, 2.24) is 9.97 Å². The molecule has 0 aliphatic carbocycles. The molecule has 98 valence electrons. The number of nitro groups is 1. The van der Waals surface area contributed by atoms with Crippen LogP contribution >= 0.6 is 0 Å². The minimum Gasteiger partial charge on any atom is -0.384 e. The second-order valence-corrected chi connectivity index (χ2v) is 4.24. The van der Waals surface area contributed by atoms with Crippen molar-refractivity contribution in [2.45, 2.75) is 0 Å². The normalized spacial score (nSPS) is 10.6. The van der Waals surface area contributed by atoms with E-state index in [9.17, 15) is 10.1 Å². The molecule has 1 aromatic carbocycles. The lowest BCUT2D eigenvalue weighted by Gasteiger charge is -2.06. The van der Waals surface area contributed by atoms with Crippen molar-refractivity contribution in [3.8, 4) is 11.3 Å². The van der Waals surface area contributed by atoms with Crippen LogP contribution < -0.4 is 5.73 Å². The van der Waals surface area contributed by atoms with Crippen molar-refractivity contribution in [2.24, 2.45) is 0 Å². The number of hydrogen-bond donors (Lipinski definition) is 1. The van der Waals surface area contributed by atoms with Gasteiger partial charge in [-0.15, -0.1) is 0 Å². The van der Waals surface area contributed by atoms with Gasteiger partial charge in [0.05, 0.1) is 10.4 Å². The van der Waals surface area contributed by atoms with Crippen LogP contribution in [0.1, 0.15) is 0 Å². The summed E-state index contributed by atoms with van der Waals surface area (Å²) in [6, 6.07) is 11.8.